The molecule has 0 amide bonds. The van der Waals surface area contributed by atoms with Gasteiger partial charge in [-0.05, 0) is 12.3 Å². The molecule has 0 aromatic rings. The Morgan fingerprint density at radius 3 is 2.08 bits per heavy atom. The molecule has 74 valence electrons. The first-order valence-electron chi connectivity index (χ1n) is 4.04. The van der Waals surface area contributed by atoms with E-state index in [1.54, 1.807) is 21.3 Å². The maximum Gasteiger partial charge on any atom is 0.632 e. The fourth-order valence-corrected chi connectivity index (χ4v) is 3.07. The first-order chi connectivity index (χ1) is 6.29. The van der Waals surface area contributed by atoms with E-state index in [4.69, 9.17) is 13.3 Å². The van der Waals surface area contributed by atoms with Gasteiger partial charge in [-0.1, -0.05) is 12.2 Å². The van der Waals surface area contributed by atoms with Gasteiger partial charge in [-0.3, -0.25) is 0 Å². The van der Waals surface area contributed by atoms with Gasteiger partial charge in [-0.2, -0.15) is 0 Å². The number of nitrogens with zero attached hydrogens (tertiary/aromatic N) is 1. The molecule has 0 aromatic heterocycles. The number of rotatable bonds is 4. The lowest BCUT2D eigenvalue weighted by Crippen LogP contribution is -2.57. The van der Waals surface area contributed by atoms with Crippen molar-refractivity contribution < 1.29 is 13.3 Å². The van der Waals surface area contributed by atoms with Crippen LogP contribution in [-0.4, -0.2) is 41.4 Å². The third-order valence-corrected chi connectivity index (χ3v) is 4.52. The van der Waals surface area contributed by atoms with Gasteiger partial charge in [0, 0.05) is 27.9 Å². The Morgan fingerprint density at radius 2 is 1.69 bits per heavy atom. The van der Waals surface area contributed by atoms with Gasteiger partial charge in [0.2, 0.25) is 0 Å². The van der Waals surface area contributed by atoms with E-state index >= 15 is 0 Å². The molecule has 1 aliphatic rings. The maximum absolute atomic E-state index is 5.31. The monoisotopic (exact) mass is 201 g/mol. The first kappa shape index (κ1) is 10.5. The summed E-state index contributed by atoms with van der Waals surface area (Å²) in [7, 11) is 2.19. The van der Waals surface area contributed by atoms with Gasteiger partial charge < -0.3 is 17.8 Å². The van der Waals surface area contributed by atoms with Gasteiger partial charge in [0.1, 0.15) is 0 Å². The average Bonchev–Trinajstić information content (AvgIpc) is 2.23. The highest BCUT2D eigenvalue weighted by atomic mass is 28.4. The summed E-state index contributed by atoms with van der Waals surface area (Å²) in [4.78, 5) is 0. The summed E-state index contributed by atoms with van der Waals surface area (Å²) in [5.41, 5.74) is 0. The molecular weight excluding hydrogens is 186 g/mol. The molecule has 5 heteroatoms. The zero-order valence-corrected chi connectivity index (χ0v) is 9.19. The topological polar surface area (TPSA) is 30.9 Å². The second-order valence-corrected chi connectivity index (χ2v) is 5.41. The number of hydrogen-bond donors (Lipinski definition) is 0. The quantitative estimate of drug-likeness (QED) is 0.628. The van der Waals surface area contributed by atoms with E-state index in [0.29, 0.717) is 0 Å². The van der Waals surface area contributed by atoms with Crippen LogP contribution in [0.1, 0.15) is 0 Å². The van der Waals surface area contributed by atoms with Crippen molar-refractivity contribution in [3.8, 4) is 0 Å². The smallest absolute Gasteiger partial charge is 0.360 e. The maximum atomic E-state index is 5.31. The average molecular weight is 201 g/mol. The molecule has 13 heavy (non-hydrogen) atoms. The highest BCUT2D eigenvalue weighted by Gasteiger charge is 2.45. The highest BCUT2D eigenvalue weighted by molar-refractivity contribution is 6.57. The summed E-state index contributed by atoms with van der Waals surface area (Å²) in [6, 6.07) is 0. The Kier molecular flexibility index (Phi) is 3.67. The molecule has 0 saturated heterocycles. The van der Waals surface area contributed by atoms with Crippen molar-refractivity contribution in [2.45, 2.75) is 0 Å². The van der Waals surface area contributed by atoms with Crippen LogP contribution in [0.2, 0.25) is 0 Å². The molecule has 1 rings (SSSR count). The van der Waals surface area contributed by atoms with E-state index in [9.17, 15) is 0 Å². The third kappa shape index (κ3) is 2.00. The minimum Gasteiger partial charge on any atom is -0.360 e. The van der Waals surface area contributed by atoms with Gasteiger partial charge in [-0.15, -0.1) is 0 Å². The number of allylic oxidation sites excluding steroid dienone is 2. The van der Waals surface area contributed by atoms with Gasteiger partial charge in [-0.25, -0.2) is 0 Å². The van der Waals surface area contributed by atoms with Crippen LogP contribution in [0.5, 0.6) is 0 Å². The molecule has 0 fully saturated rings. The predicted molar refractivity (Wildman–Crippen MR) is 51.8 cm³/mol. The molecular formula is C8H15NO3Si. The number of hydrogen-bond acceptors (Lipinski definition) is 4. The van der Waals surface area contributed by atoms with Crippen molar-refractivity contribution >= 4 is 8.97 Å². The molecule has 0 bridgehead atoms. The standard InChI is InChI=1S/C8H15NO3Si/c1-10-13(11-2,12-3)9-7-5-4-6-8-9/h4-7H,8H2,1-3H3. The van der Waals surface area contributed by atoms with Crippen molar-refractivity contribution in [1.29, 1.82) is 0 Å². The van der Waals surface area contributed by atoms with Gasteiger partial charge in [0.05, 0.1) is 0 Å². The molecule has 0 radical (unpaired) electrons. The van der Waals surface area contributed by atoms with Gasteiger partial charge >= 0.3 is 8.97 Å². The fourth-order valence-electron chi connectivity index (χ4n) is 1.27. The van der Waals surface area contributed by atoms with Gasteiger partial charge in [0.15, 0.2) is 0 Å². The summed E-state index contributed by atoms with van der Waals surface area (Å²) >= 11 is 0. The minimum absolute atomic E-state index is 0.762. The van der Waals surface area contributed by atoms with Crippen LogP contribution in [0, 0.1) is 0 Å². The lowest BCUT2D eigenvalue weighted by molar-refractivity contribution is 0.0762. The summed E-state index contributed by atoms with van der Waals surface area (Å²) in [5, 5.41) is 0. The lowest BCUT2D eigenvalue weighted by atomic mass is 10.4. The lowest BCUT2D eigenvalue weighted by Gasteiger charge is -2.34. The zero-order valence-electron chi connectivity index (χ0n) is 8.19. The summed E-state index contributed by atoms with van der Waals surface area (Å²) in [5.74, 6) is 0. The van der Waals surface area contributed by atoms with E-state index in [-0.39, 0.29) is 0 Å². The second-order valence-electron chi connectivity index (χ2n) is 2.56. The van der Waals surface area contributed by atoms with Crippen molar-refractivity contribution in [2.75, 3.05) is 27.9 Å². The summed E-state index contributed by atoms with van der Waals surface area (Å²) < 4.78 is 17.9. The molecule has 0 N–H and O–H groups in total. The third-order valence-electron chi connectivity index (χ3n) is 1.94. The van der Waals surface area contributed by atoms with Crippen molar-refractivity contribution in [1.82, 2.24) is 4.57 Å². The van der Waals surface area contributed by atoms with Crippen LogP contribution in [0.3, 0.4) is 0 Å². The second kappa shape index (κ2) is 4.57. The Hall–Kier alpha value is -0.623. The van der Waals surface area contributed by atoms with Gasteiger partial charge in [0.25, 0.3) is 0 Å². The predicted octanol–water partition coefficient (Wildman–Crippen LogP) is 0.747. The Balaban J connectivity index is 2.74. The van der Waals surface area contributed by atoms with Crippen molar-refractivity contribution in [3.63, 3.8) is 0 Å². The highest BCUT2D eigenvalue weighted by Crippen LogP contribution is 2.15. The van der Waals surface area contributed by atoms with Crippen LogP contribution in [0.4, 0.5) is 0 Å². The van der Waals surface area contributed by atoms with Crippen LogP contribution in [0.25, 0.3) is 0 Å². The summed E-state index contributed by atoms with van der Waals surface area (Å²) in [6.07, 6.45) is 7.86. The Morgan fingerprint density at radius 1 is 1.08 bits per heavy atom. The van der Waals surface area contributed by atoms with Crippen molar-refractivity contribution in [2.24, 2.45) is 0 Å². The minimum atomic E-state index is -2.62. The zero-order chi connectivity index (χ0) is 9.73. The molecule has 0 spiro atoms. The molecule has 0 saturated carbocycles. The van der Waals surface area contributed by atoms with Crippen molar-refractivity contribution in [3.05, 3.63) is 24.4 Å². The van der Waals surface area contributed by atoms with Crippen LogP contribution in [-0.2, 0) is 13.3 Å². The molecule has 0 aromatic carbocycles. The fraction of sp³-hybridized carbons (Fsp3) is 0.500. The van der Waals surface area contributed by atoms with E-state index in [1.807, 2.05) is 29.0 Å². The van der Waals surface area contributed by atoms with Crippen LogP contribution >= 0.6 is 0 Å². The molecule has 1 aliphatic heterocycles. The molecule has 0 atom stereocenters. The Bertz CT molecular complexity index is 205. The first-order valence-corrected chi connectivity index (χ1v) is 5.72. The molecule has 0 aliphatic carbocycles. The van der Waals surface area contributed by atoms with E-state index in [1.165, 1.54) is 0 Å². The Labute approximate surface area is 79.8 Å². The SMILES string of the molecule is CO[Si](OC)(OC)N1C=CC=CC1. The van der Waals surface area contributed by atoms with E-state index < -0.39 is 8.97 Å². The van der Waals surface area contributed by atoms with E-state index in [0.717, 1.165) is 6.54 Å². The molecule has 4 nitrogen and oxygen atoms in total. The summed E-state index contributed by atoms with van der Waals surface area (Å²) in [6.45, 7) is 0.762. The van der Waals surface area contributed by atoms with Crippen LogP contribution < -0.4 is 0 Å². The van der Waals surface area contributed by atoms with Crippen LogP contribution in [0.15, 0.2) is 24.4 Å². The molecule has 0 unspecified atom stereocenters. The molecule has 1 heterocycles. The van der Waals surface area contributed by atoms with E-state index in [2.05, 4.69) is 0 Å². The normalized spacial score (nSPS) is 16.7. The largest absolute Gasteiger partial charge is 0.632 e.